The third-order valence-corrected chi connectivity index (χ3v) is 2.46. The number of aliphatic carboxylic acids is 1. The Morgan fingerprint density at radius 1 is 1.50 bits per heavy atom. The van der Waals surface area contributed by atoms with Crippen LogP contribution in [0, 0.1) is 0 Å². The van der Waals surface area contributed by atoms with Crippen LogP contribution in [0.15, 0.2) is 0 Å². The van der Waals surface area contributed by atoms with Crippen molar-refractivity contribution >= 4 is 5.97 Å². The molecule has 0 saturated carbocycles. The first-order valence-electron chi connectivity index (χ1n) is 5.10. The maximum absolute atomic E-state index is 11.1. The fourth-order valence-electron chi connectivity index (χ4n) is 1.54. The van der Waals surface area contributed by atoms with Crippen LogP contribution in [0.3, 0.4) is 0 Å². The van der Waals surface area contributed by atoms with E-state index >= 15 is 0 Å². The van der Waals surface area contributed by atoms with E-state index in [0.717, 1.165) is 6.42 Å². The van der Waals surface area contributed by atoms with Crippen molar-refractivity contribution in [3.8, 4) is 0 Å². The van der Waals surface area contributed by atoms with E-state index in [4.69, 9.17) is 9.84 Å². The van der Waals surface area contributed by atoms with E-state index < -0.39 is 11.5 Å². The van der Waals surface area contributed by atoms with Crippen molar-refractivity contribution in [1.82, 2.24) is 5.32 Å². The normalized spacial score (nSPS) is 15.1. The van der Waals surface area contributed by atoms with Crippen LogP contribution in [-0.2, 0) is 9.53 Å². The Morgan fingerprint density at radius 3 is 2.50 bits per heavy atom. The predicted molar refractivity (Wildman–Crippen MR) is 55.4 cm³/mol. The highest BCUT2D eigenvalue weighted by atomic mass is 16.5. The molecule has 0 aliphatic carbocycles. The molecule has 0 spiro atoms. The quantitative estimate of drug-likeness (QED) is 0.583. The van der Waals surface area contributed by atoms with Gasteiger partial charge in [0.25, 0.3) is 0 Å². The van der Waals surface area contributed by atoms with Gasteiger partial charge >= 0.3 is 5.97 Å². The maximum atomic E-state index is 11.1. The molecule has 0 bridgehead atoms. The molecule has 4 heteroatoms. The molecule has 1 unspecified atom stereocenters. The van der Waals surface area contributed by atoms with Gasteiger partial charge in [0.1, 0.15) is 5.54 Å². The number of hydrogen-bond acceptors (Lipinski definition) is 3. The molecule has 0 aromatic heterocycles. The Balaban J connectivity index is 4.26. The molecule has 0 amide bonds. The van der Waals surface area contributed by atoms with Gasteiger partial charge in [-0.05, 0) is 12.8 Å². The number of nitrogens with one attached hydrogen (secondary N) is 1. The molecule has 0 fully saturated rings. The third kappa shape index (κ3) is 3.64. The van der Waals surface area contributed by atoms with Crippen LogP contribution in [0.1, 0.15) is 33.1 Å². The molecule has 0 heterocycles. The second-order valence-corrected chi connectivity index (χ2v) is 3.41. The molecule has 1 atom stereocenters. The lowest BCUT2D eigenvalue weighted by atomic mass is 9.91. The molecule has 0 aromatic rings. The summed E-state index contributed by atoms with van der Waals surface area (Å²) in [4.78, 5) is 11.1. The minimum absolute atomic E-state index is 0.540. The van der Waals surface area contributed by atoms with Gasteiger partial charge in [-0.3, -0.25) is 10.1 Å². The fraction of sp³-hybridized carbons (Fsp3) is 0.900. The average molecular weight is 203 g/mol. The van der Waals surface area contributed by atoms with Crippen LogP contribution in [-0.4, -0.2) is 36.9 Å². The van der Waals surface area contributed by atoms with Crippen LogP contribution >= 0.6 is 0 Å². The zero-order valence-electron chi connectivity index (χ0n) is 9.30. The monoisotopic (exact) mass is 203 g/mol. The van der Waals surface area contributed by atoms with E-state index in [9.17, 15) is 4.79 Å². The highest BCUT2D eigenvalue weighted by Gasteiger charge is 2.34. The number of carboxylic acids is 1. The van der Waals surface area contributed by atoms with E-state index in [-0.39, 0.29) is 0 Å². The van der Waals surface area contributed by atoms with Gasteiger partial charge in [-0.15, -0.1) is 0 Å². The molecular weight excluding hydrogens is 182 g/mol. The zero-order valence-corrected chi connectivity index (χ0v) is 9.30. The Kier molecular flexibility index (Phi) is 6.49. The summed E-state index contributed by atoms with van der Waals surface area (Å²) in [6.07, 6.45) is 2.11. The smallest absolute Gasteiger partial charge is 0.323 e. The number of ether oxygens (including phenoxy) is 1. The summed E-state index contributed by atoms with van der Waals surface area (Å²) in [5.41, 5.74) is -0.771. The van der Waals surface area contributed by atoms with E-state index in [2.05, 4.69) is 5.32 Å². The first-order valence-corrected chi connectivity index (χ1v) is 5.10. The Labute approximate surface area is 85.6 Å². The number of hydrogen-bond donors (Lipinski definition) is 2. The summed E-state index contributed by atoms with van der Waals surface area (Å²) in [5, 5.41) is 12.2. The predicted octanol–water partition coefficient (Wildman–Crippen LogP) is 1.26. The molecule has 0 aromatic carbocycles. The molecule has 0 aliphatic heterocycles. The second-order valence-electron chi connectivity index (χ2n) is 3.41. The topological polar surface area (TPSA) is 58.6 Å². The van der Waals surface area contributed by atoms with Crippen LogP contribution in [0.25, 0.3) is 0 Å². The molecule has 0 aliphatic rings. The van der Waals surface area contributed by atoms with Crippen LogP contribution < -0.4 is 5.32 Å². The molecular formula is C10H21NO3. The summed E-state index contributed by atoms with van der Waals surface area (Å²) in [6.45, 7) is 5.00. The summed E-state index contributed by atoms with van der Waals surface area (Å²) in [6, 6.07) is 0. The van der Waals surface area contributed by atoms with Gasteiger partial charge < -0.3 is 9.84 Å². The van der Waals surface area contributed by atoms with Crippen molar-refractivity contribution in [3.05, 3.63) is 0 Å². The van der Waals surface area contributed by atoms with Gasteiger partial charge in [0, 0.05) is 13.7 Å². The Morgan fingerprint density at radius 2 is 2.14 bits per heavy atom. The lowest BCUT2D eigenvalue weighted by molar-refractivity contribution is -0.145. The number of carboxylic acid groups (broad SMARTS) is 1. The highest BCUT2D eigenvalue weighted by Crippen LogP contribution is 2.17. The van der Waals surface area contributed by atoms with Crippen molar-refractivity contribution in [3.63, 3.8) is 0 Å². The number of carbonyl (C=O) groups is 1. The first kappa shape index (κ1) is 13.4. The fourth-order valence-corrected chi connectivity index (χ4v) is 1.54. The standard InChI is InChI=1S/C10H21NO3/c1-4-6-10(5-2,9(12)13)11-7-8-14-3/h11H,4-8H2,1-3H3,(H,12,13). The van der Waals surface area contributed by atoms with E-state index in [1.165, 1.54) is 0 Å². The Bertz CT molecular complexity index is 173. The van der Waals surface area contributed by atoms with Crippen molar-refractivity contribution in [2.24, 2.45) is 0 Å². The van der Waals surface area contributed by atoms with Gasteiger partial charge in [-0.1, -0.05) is 20.3 Å². The van der Waals surface area contributed by atoms with Crippen molar-refractivity contribution in [1.29, 1.82) is 0 Å². The maximum Gasteiger partial charge on any atom is 0.323 e. The first-order chi connectivity index (χ1) is 6.63. The largest absolute Gasteiger partial charge is 0.480 e. The molecule has 2 N–H and O–H groups in total. The lowest BCUT2D eigenvalue weighted by Gasteiger charge is -2.29. The summed E-state index contributed by atoms with van der Waals surface area (Å²) >= 11 is 0. The summed E-state index contributed by atoms with van der Waals surface area (Å²) < 4.78 is 4.88. The van der Waals surface area contributed by atoms with E-state index in [1.54, 1.807) is 7.11 Å². The zero-order chi connectivity index (χ0) is 11.0. The summed E-state index contributed by atoms with van der Waals surface area (Å²) in [5.74, 6) is -0.766. The molecule has 0 saturated heterocycles. The minimum atomic E-state index is -0.771. The molecule has 4 nitrogen and oxygen atoms in total. The molecule has 84 valence electrons. The van der Waals surface area contributed by atoms with Crippen molar-refractivity contribution in [2.45, 2.75) is 38.6 Å². The number of methoxy groups -OCH3 is 1. The van der Waals surface area contributed by atoms with Gasteiger partial charge in [0.05, 0.1) is 6.61 Å². The Hall–Kier alpha value is -0.610. The van der Waals surface area contributed by atoms with Gasteiger partial charge in [0.2, 0.25) is 0 Å². The number of rotatable bonds is 8. The van der Waals surface area contributed by atoms with E-state index in [1.807, 2.05) is 13.8 Å². The van der Waals surface area contributed by atoms with Gasteiger partial charge in [-0.2, -0.15) is 0 Å². The second kappa shape index (κ2) is 6.79. The third-order valence-electron chi connectivity index (χ3n) is 2.46. The lowest BCUT2D eigenvalue weighted by Crippen LogP contribution is -2.52. The molecule has 0 rings (SSSR count). The molecule has 14 heavy (non-hydrogen) atoms. The van der Waals surface area contributed by atoms with Crippen LogP contribution in [0.4, 0.5) is 0 Å². The van der Waals surface area contributed by atoms with E-state index in [0.29, 0.717) is 26.0 Å². The van der Waals surface area contributed by atoms with Gasteiger partial charge in [-0.25, -0.2) is 0 Å². The minimum Gasteiger partial charge on any atom is -0.480 e. The SMILES string of the molecule is CCCC(CC)(NCCOC)C(=O)O. The molecule has 0 radical (unpaired) electrons. The summed E-state index contributed by atoms with van der Waals surface area (Å²) in [7, 11) is 1.61. The van der Waals surface area contributed by atoms with Crippen molar-refractivity contribution < 1.29 is 14.6 Å². The van der Waals surface area contributed by atoms with Crippen LogP contribution in [0.5, 0.6) is 0 Å². The van der Waals surface area contributed by atoms with Crippen molar-refractivity contribution in [2.75, 3.05) is 20.3 Å². The van der Waals surface area contributed by atoms with Gasteiger partial charge in [0.15, 0.2) is 0 Å². The van der Waals surface area contributed by atoms with Crippen LogP contribution in [0.2, 0.25) is 0 Å². The highest BCUT2D eigenvalue weighted by molar-refractivity contribution is 5.78. The average Bonchev–Trinajstić information content (AvgIpc) is 2.16.